The van der Waals surface area contributed by atoms with Crippen LogP contribution in [0.25, 0.3) is 5.65 Å². The van der Waals surface area contributed by atoms with Crippen LogP contribution in [0.15, 0.2) is 36.7 Å². The minimum absolute atomic E-state index is 0.0654. The van der Waals surface area contributed by atoms with E-state index in [0.29, 0.717) is 42.2 Å². The maximum Gasteiger partial charge on any atom is 0.257 e. The van der Waals surface area contributed by atoms with Gasteiger partial charge in [0, 0.05) is 30.9 Å². The molecule has 1 fully saturated rings. The third-order valence-electron chi connectivity index (χ3n) is 4.85. The Bertz CT molecular complexity index is 1140. The van der Waals surface area contributed by atoms with Crippen LogP contribution >= 0.6 is 0 Å². The zero-order valence-electron chi connectivity index (χ0n) is 15.5. The molecule has 0 bridgehead atoms. The van der Waals surface area contributed by atoms with Crippen molar-refractivity contribution in [2.75, 3.05) is 24.7 Å². The monoisotopic (exact) mass is 400 g/mol. The lowest BCUT2D eigenvalue weighted by Gasteiger charge is -2.12. The first-order chi connectivity index (χ1) is 13.3. The van der Waals surface area contributed by atoms with Crippen LogP contribution in [0, 0.1) is 6.92 Å². The van der Waals surface area contributed by atoms with E-state index < -0.39 is 10.0 Å². The van der Waals surface area contributed by atoms with Gasteiger partial charge in [0.25, 0.3) is 5.91 Å². The van der Waals surface area contributed by atoms with E-state index in [9.17, 15) is 13.2 Å². The molecule has 28 heavy (non-hydrogen) atoms. The van der Waals surface area contributed by atoms with Gasteiger partial charge in [0.05, 0.1) is 23.7 Å². The van der Waals surface area contributed by atoms with Crippen LogP contribution in [-0.4, -0.2) is 57.6 Å². The zero-order valence-corrected chi connectivity index (χ0v) is 16.3. The number of fused-ring (bicyclic) bond motifs is 1. The van der Waals surface area contributed by atoms with Gasteiger partial charge in [-0.3, -0.25) is 14.2 Å². The topological polar surface area (TPSA) is 110 Å². The first-order valence-electron chi connectivity index (χ1n) is 8.85. The molecule has 4 rings (SSSR count). The molecule has 3 aromatic heterocycles. The maximum absolute atomic E-state index is 12.6. The summed E-state index contributed by atoms with van der Waals surface area (Å²) in [6.45, 7) is 2.70. The summed E-state index contributed by atoms with van der Waals surface area (Å²) in [5.41, 5.74) is 2.54. The smallest absolute Gasteiger partial charge is 0.257 e. The van der Waals surface area contributed by atoms with E-state index in [2.05, 4.69) is 20.5 Å². The quantitative estimate of drug-likeness (QED) is 0.710. The van der Waals surface area contributed by atoms with Gasteiger partial charge < -0.3 is 5.32 Å². The molecule has 10 heteroatoms. The summed E-state index contributed by atoms with van der Waals surface area (Å²) in [5.74, 6) is 0.327. The molecule has 1 amide bonds. The average molecular weight is 400 g/mol. The van der Waals surface area contributed by atoms with Crippen molar-refractivity contribution in [2.45, 2.75) is 19.3 Å². The standard InChI is InChI=1S/C18H20N6O3S/c1-12-3-5-15(9-19-12)20-18(25)14-4-6-16-21-22-17(24(16)11-14)13-7-8-23(10-13)28(2,26)27/h3-6,9,11,13H,7-8,10H2,1-2H3,(H,20,25). The Morgan fingerprint density at radius 1 is 1.21 bits per heavy atom. The van der Waals surface area contributed by atoms with Gasteiger partial charge in [-0.1, -0.05) is 0 Å². The predicted octanol–water partition coefficient (Wildman–Crippen LogP) is 1.43. The van der Waals surface area contributed by atoms with Gasteiger partial charge >= 0.3 is 0 Å². The Hall–Kier alpha value is -2.85. The SMILES string of the molecule is Cc1ccc(NC(=O)c2ccc3nnc(C4CCN(S(C)(=O)=O)C4)n3c2)cn1. The molecule has 3 aromatic rings. The number of sulfonamides is 1. The normalized spacial score (nSPS) is 17.9. The summed E-state index contributed by atoms with van der Waals surface area (Å²) in [6.07, 6.45) is 5.16. The van der Waals surface area contributed by atoms with Crippen LogP contribution in [0.1, 0.15) is 34.2 Å². The highest BCUT2D eigenvalue weighted by Crippen LogP contribution is 2.28. The van der Waals surface area contributed by atoms with Crippen molar-refractivity contribution in [3.8, 4) is 0 Å². The highest BCUT2D eigenvalue weighted by atomic mass is 32.2. The van der Waals surface area contributed by atoms with Crippen LogP contribution < -0.4 is 5.32 Å². The van der Waals surface area contributed by atoms with Gasteiger partial charge in [-0.25, -0.2) is 12.7 Å². The number of aromatic nitrogens is 4. The van der Waals surface area contributed by atoms with Crippen LogP contribution in [0.4, 0.5) is 5.69 Å². The summed E-state index contributed by atoms with van der Waals surface area (Å²) >= 11 is 0. The van der Waals surface area contributed by atoms with Gasteiger partial charge in [-0.05, 0) is 37.6 Å². The first kappa shape index (κ1) is 18.5. The molecule has 1 N–H and O–H groups in total. The molecule has 1 saturated heterocycles. The molecule has 0 aromatic carbocycles. The minimum Gasteiger partial charge on any atom is -0.321 e. The van der Waals surface area contributed by atoms with Gasteiger partial charge in [0.2, 0.25) is 10.0 Å². The largest absolute Gasteiger partial charge is 0.321 e. The molecule has 0 spiro atoms. The highest BCUT2D eigenvalue weighted by Gasteiger charge is 2.32. The van der Waals surface area contributed by atoms with E-state index in [4.69, 9.17) is 0 Å². The van der Waals surface area contributed by atoms with Crippen molar-refractivity contribution in [3.05, 3.63) is 53.7 Å². The number of nitrogens with zero attached hydrogens (tertiary/aromatic N) is 5. The van der Waals surface area contributed by atoms with Crippen molar-refractivity contribution in [3.63, 3.8) is 0 Å². The molecule has 1 aliphatic rings. The van der Waals surface area contributed by atoms with Crippen LogP contribution in [0.5, 0.6) is 0 Å². The van der Waals surface area contributed by atoms with Gasteiger partial charge in [-0.2, -0.15) is 0 Å². The van der Waals surface area contributed by atoms with Crippen molar-refractivity contribution >= 4 is 27.3 Å². The van der Waals surface area contributed by atoms with Crippen molar-refractivity contribution in [2.24, 2.45) is 0 Å². The van der Waals surface area contributed by atoms with E-state index >= 15 is 0 Å². The summed E-state index contributed by atoms with van der Waals surface area (Å²) < 4.78 is 26.8. The third kappa shape index (κ3) is 3.60. The Morgan fingerprint density at radius 2 is 2.04 bits per heavy atom. The molecule has 0 aliphatic carbocycles. The summed E-state index contributed by atoms with van der Waals surface area (Å²) in [6, 6.07) is 7.02. The summed E-state index contributed by atoms with van der Waals surface area (Å²) in [5, 5.41) is 11.2. The fraction of sp³-hybridized carbons (Fsp3) is 0.333. The molecule has 146 valence electrons. The Labute approximate surface area is 162 Å². The predicted molar refractivity (Wildman–Crippen MR) is 104 cm³/mol. The molecule has 0 radical (unpaired) electrons. The molecule has 4 heterocycles. The van der Waals surface area contributed by atoms with E-state index in [0.717, 1.165) is 5.69 Å². The number of rotatable bonds is 4. The second-order valence-electron chi connectivity index (χ2n) is 6.95. The lowest BCUT2D eigenvalue weighted by atomic mass is 10.1. The molecule has 1 aliphatic heterocycles. The lowest BCUT2D eigenvalue weighted by molar-refractivity contribution is 0.102. The average Bonchev–Trinajstić information content (AvgIpc) is 3.29. The minimum atomic E-state index is -3.23. The fourth-order valence-corrected chi connectivity index (χ4v) is 4.19. The molecule has 1 atom stereocenters. The summed E-state index contributed by atoms with van der Waals surface area (Å²) in [7, 11) is -3.23. The zero-order chi connectivity index (χ0) is 19.9. The number of nitrogens with one attached hydrogen (secondary N) is 1. The van der Waals surface area contributed by atoms with Gasteiger partial charge in [0.1, 0.15) is 5.82 Å². The summed E-state index contributed by atoms with van der Waals surface area (Å²) in [4.78, 5) is 16.8. The number of hydrogen-bond donors (Lipinski definition) is 1. The Balaban J connectivity index is 1.59. The Morgan fingerprint density at radius 3 is 2.71 bits per heavy atom. The number of anilines is 1. The number of amides is 1. The molecule has 1 unspecified atom stereocenters. The molecule has 0 saturated carbocycles. The van der Waals surface area contributed by atoms with Gasteiger partial charge in [0.15, 0.2) is 5.65 Å². The number of hydrogen-bond acceptors (Lipinski definition) is 6. The van der Waals surface area contributed by atoms with Crippen LogP contribution in [0.3, 0.4) is 0 Å². The number of pyridine rings is 2. The molecule has 9 nitrogen and oxygen atoms in total. The fourth-order valence-electron chi connectivity index (χ4n) is 3.31. The van der Waals surface area contributed by atoms with E-state index in [1.54, 1.807) is 35.0 Å². The van der Waals surface area contributed by atoms with E-state index in [1.165, 1.54) is 10.6 Å². The third-order valence-corrected chi connectivity index (χ3v) is 6.11. The van der Waals surface area contributed by atoms with Crippen LogP contribution in [-0.2, 0) is 10.0 Å². The van der Waals surface area contributed by atoms with E-state index in [1.807, 2.05) is 13.0 Å². The van der Waals surface area contributed by atoms with Crippen LogP contribution in [0.2, 0.25) is 0 Å². The Kier molecular flexibility index (Phi) is 4.60. The van der Waals surface area contributed by atoms with Crippen molar-refractivity contribution in [1.82, 2.24) is 23.9 Å². The van der Waals surface area contributed by atoms with E-state index in [-0.39, 0.29) is 11.8 Å². The van der Waals surface area contributed by atoms with Gasteiger partial charge in [-0.15, -0.1) is 10.2 Å². The lowest BCUT2D eigenvalue weighted by Crippen LogP contribution is -2.27. The first-order valence-corrected chi connectivity index (χ1v) is 10.7. The second kappa shape index (κ2) is 6.95. The van der Waals surface area contributed by atoms with Crippen molar-refractivity contribution in [1.29, 1.82) is 0 Å². The molecular formula is C18H20N6O3S. The molecular weight excluding hydrogens is 380 g/mol. The maximum atomic E-state index is 12.6. The second-order valence-corrected chi connectivity index (χ2v) is 8.94. The highest BCUT2D eigenvalue weighted by molar-refractivity contribution is 7.88. The number of aryl methyl sites for hydroxylation is 1. The number of carbonyl (C=O) groups is 1. The number of carbonyl (C=O) groups excluding carboxylic acids is 1. The van der Waals surface area contributed by atoms with Crippen molar-refractivity contribution < 1.29 is 13.2 Å².